The summed E-state index contributed by atoms with van der Waals surface area (Å²) in [4.78, 5) is 50.8. The lowest BCUT2D eigenvalue weighted by atomic mass is 10.3. The van der Waals surface area contributed by atoms with Crippen LogP contribution in [-0.4, -0.2) is 115 Å². The van der Waals surface area contributed by atoms with Crippen LogP contribution in [0.5, 0.6) is 0 Å². The second kappa shape index (κ2) is 14.0. The maximum absolute atomic E-state index is 12.4. The van der Waals surface area contributed by atoms with E-state index in [9.17, 15) is 32.3 Å². The van der Waals surface area contributed by atoms with Crippen LogP contribution in [0.3, 0.4) is 0 Å². The standard InChI is InChI=1S/C11H13F3N4O2.C7H11ClN2O2.C3H3ClN2/c1-8(19)16-2-4-17(5-3-16)10(20)18-7-9(6-15-18)11(12,13)14;1-6(11)9-2-4-10(5-3-9)7(8)12;4-3-1-5-6-2-3/h6-7H,2-5H2,1H3;2-5H2,1H3;1-2H,(H,5,6). The van der Waals surface area contributed by atoms with Crippen LogP contribution in [0, 0.1) is 0 Å². The number of piperazine rings is 2. The zero-order valence-corrected chi connectivity index (χ0v) is 22.1. The molecule has 0 aliphatic carbocycles. The minimum atomic E-state index is -4.52. The first-order valence-electron chi connectivity index (χ1n) is 11.3. The zero-order valence-electron chi connectivity index (χ0n) is 20.6. The van der Waals surface area contributed by atoms with Crippen LogP contribution in [0.15, 0.2) is 24.8 Å². The lowest BCUT2D eigenvalue weighted by Crippen LogP contribution is -2.51. The number of nitrogens with zero attached hydrogens (tertiary/aromatic N) is 7. The monoisotopic (exact) mass is 582 g/mol. The molecule has 2 fully saturated rings. The molecular weight excluding hydrogens is 556 g/mol. The van der Waals surface area contributed by atoms with Crippen LogP contribution in [0.4, 0.5) is 22.8 Å². The minimum Gasteiger partial charge on any atom is -0.339 e. The van der Waals surface area contributed by atoms with Gasteiger partial charge in [-0.2, -0.15) is 28.1 Å². The summed E-state index contributed by atoms with van der Waals surface area (Å²) >= 11 is 10.6. The van der Waals surface area contributed by atoms with E-state index in [1.165, 1.54) is 23.6 Å². The molecule has 17 heteroatoms. The van der Waals surface area contributed by atoms with Crippen LogP contribution < -0.4 is 0 Å². The highest BCUT2D eigenvalue weighted by Crippen LogP contribution is 2.28. The lowest BCUT2D eigenvalue weighted by molar-refractivity contribution is -0.137. The maximum atomic E-state index is 12.4. The third-order valence-electron chi connectivity index (χ3n) is 5.54. The molecule has 4 amide bonds. The van der Waals surface area contributed by atoms with Crippen molar-refractivity contribution in [3.63, 3.8) is 0 Å². The summed E-state index contributed by atoms with van der Waals surface area (Å²) in [7, 11) is 0. The number of carbonyl (C=O) groups is 4. The van der Waals surface area contributed by atoms with Crippen molar-refractivity contribution >= 4 is 46.4 Å². The van der Waals surface area contributed by atoms with Crippen LogP contribution in [0.1, 0.15) is 19.4 Å². The zero-order chi connectivity index (χ0) is 28.5. The minimum absolute atomic E-state index is 0.0525. The quantitative estimate of drug-likeness (QED) is 0.375. The fourth-order valence-corrected chi connectivity index (χ4v) is 3.63. The van der Waals surface area contributed by atoms with Crippen molar-refractivity contribution < 1.29 is 32.3 Å². The van der Waals surface area contributed by atoms with Gasteiger partial charge >= 0.3 is 17.6 Å². The van der Waals surface area contributed by atoms with Crippen LogP contribution >= 0.6 is 23.2 Å². The Balaban J connectivity index is 0.000000236. The summed E-state index contributed by atoms with van der Waals surface area (Å²) in [6.45, 7) is 6.52. The number of aromatic nitrogens is 4. The summed E-state index contributed by atoms with van der Waals surface area (Å²) in [6.07, 6.45) is -0.0850. The molecular formula is C21H27Cl2F3N8O4. The summed E-state index contributed by atoms with van der Waals surface area (Å²) < 4.78 is 37.9. The molecule has 210 valence electrons. The number of halogens is 5. The van der Waals surface area contributed by atoms with E-state index in [2.05, 4.69) is 15.3 Å². The first kappa shape index (κ1) is 30.9. The van der Waals surface area contributed by atoms with Crippen molar-refractivity contribution in [3.8, 4) is 0 Å². The number of aromatic amines is 1. The maximum Gasteiger partial charge on any atom is 0.419 e. The molecule has 2 aliphatic rings. The number of hydrogen-bond acceptors (Lipinski definition) is 6. The van der Waals surface area contributed by atoms with Crippen LogP contribution in [-0.2, 0) is 15.8 Å². The van der Waals surface area contributed by atoms with Gasteiger partial charge in [-0.3, -0.25) is 19.5 Å². The third-order valence-corrected chi connectivity index (χ3v) is 5.99. The lowest BCUT2D eigenvalue weighted by Gasteiger charge is -2.33. The number of hydrogen-bond donors (Lipinski definition) is 1. The molecule has 4 rings (SSSR count). The first-order valence-corrected chi connectivity index (χ1v) is 12.1. The average Bonchev–Trinajstić information content (AvgIpc) is 3.56. The Kier molecular flexibility index (Phi) is 11.4. The van der Waals surface area contributed by atoms with Crippen LogP contribution in [0.2, 0.25) is 5.02 Å². The summed E-state index contributed by atoms with van der Waals surface area (Å²) in [5, 5.41) is 9.77. The van der Waals surface area contributed by atoms with Gasteiger partial charge in [-0.25, -0.2) is 4.79 Å². The second-order valence-corrected chi connectivity index (χ2v) is 8.87. The molecule has 0 atom stereocenters. The topological polar surface area (TPSA) is 128 Å². The molecule has 0 unspecified atom stereocenters. The fourth-order valence-electron chi connectivity index (χ4n) is 3.36. The molecule has 1 N–H and O–H groups in total. The molecule has 12 nitrogen and oxygen atoms in total. The SMILES string of the molecule is CC(=O)N1CCN(C(=O)Cl)CC1.CC(=O)N1CCN(C(=O)n2cc(C(F)(F)F)cn2)CC1.Clc1cn[nH]c1. The van der Waals surface area contributed by atoms with E-state index in [4.69, 9.17) is 23.2 Å². The van der Waals surface area contributed by atoms with E-state index in [0.717, 1.165) is 0 Å². The van der Waals surface area contributed by atoms with Crippen molar-refractivity contribution in [3.05, 3.63) is 35.4 Å². The number of nitrogens with one attached hydrogen (secondary N) is 1. The van der Waals surface area contributed by atoms with E-state index in [1.807, 2.05) is 0 Å². The van der Waals surface area contributed by atoms with Gasteiger partial charge in [0.15, 0.2) is 0 Å². The number of alkyl halides is 3. The number of amides is 4. The van der Waals surface area contributed by atoms with Gasteiger partial charge in [0.1, 0.15) is 0 Å². The van der Waals surface area contributed by atoms with Crippen molar-refractivity contribution in [2.75, 3.05) is 52.4 Å². The summed E-state index contributed by atoms with van der Waals surface area (Å²) in [5.74, 6) is -0.0350. The first-order chi connectivity index (χ1) is 17.8. The normalized spacial score (nSPS) is 15.7. The highest BCUT2D eigenvalue weighted by Gasteiger charge is 2.33. The molecule has 0 bridgehead atoms. The highest BCUT2D eigenvalue weighted by atomic mass is 35.5. The molecule has 2 saturated heterocycles. The van der Waals surface area contributed by atoms with E-state index in [-0.39, 0.29) is 24.9 Å². The van der Waals surface area contributed by atoms with Gasteiger partial charge in [-0.05, 0) is 11.6 Å². The Labute approximate surface area is 226 Å². The molecule has 2 aromatic heterocycles. The van der Waals surface area contributed by atoms with Gasteiger partial charge in [0, 0.05) is 78.6 Å². The van der Waals surface area contributed by atoms with Crippen molar-refractivity contribution in [1.29, 1.82) is 0 Å². The van der Waals surface area contributed by atoms with Gasteiger partial charge in [-0.15, -0.1) is 0 Å². The fraction of sp³-hybridized carbons (Fsp3) is 0.524. The molecule has 0 radical (unpaired) electrons. The van der Waals surface area contributed by atoms with E-state index >= 15 is 0 Å². The van der Waals surface area contributed by atoms with Crippen molar-refractivity contribution in [2.45, 2.75) is 20.0 Å². The smallest absolute Gasteiger partial charge is 0.339 e. The summed E-state index contributed by atoms with van der Waals surface area (Å²) in [5.41, 5.74) is -0.965. The second-order valence-electron chi connectivity index (χ2n) is 8.11. The van der Waals surface area contributed by atoms with Crippen molar-refractivity contribution in [2.24, 2.45) is 0 Å². The molecule has 38 heavy (non-hydrogen) atoms. The number of carbonyl (C=O) groups excluding carboxylic acids is 4. The molecule has 0 aromatic carbocycles. The van der Waals surface area contributed by atoms with Gasteiger partial charge in [-0.1, -0.05) is 11.6 Å². The van der Waals surface area contributed by atoms with Crippen LogP contribution in [0.25, 0.3) is 0 Å². The predicted octanol–water partition coefficient (Wildman–Crippen LogP) is 2.61. The highest BCUT2D eigenvalue weighted by molar-refractivity contribution is 6.62. The van der Waals surface area contributed by atoms with Gasteiger partial charge in [0.05, 0.1) is 23.0 Å². The Hall–Kier alpha value is -3.33. The van der Waals surface area contributed by atoms with E-state index in [0.29, 0.717) is 61.4 Å². The van der Waals surface area contributed by atoms with Gasteiger partial charge < -0.3 is 19.6 Å². The summed E-state index contributed by atoms with van der Waals surface area (Å²) in [6, 6.07) is -0.622. The molecule has 0 saturated carbocycles. The largest absolute Gasteiger partial charge is 0.419 e. The number of H-pyrrole nitrogens is 1. The van der Waals surface area contributed by atoms with E-state index < -0.39 is 23.1 Å². The van der Waals surface area contributed by atoms with E-state index in [1.54, 1.807) is 22.2 Å². The Bertz CT molecular complexity index is 1060. The predicted molar refractivity (Wildman–Crippen MR) is 131 cm³/mol. The Morgan fingerprint density at radius 1 is 0.842 bits per heavy atom. The average molecular weight is 583 g/mol. The molecule has 0 spiro atoms. The third kappa shape index (κ3) is 9.52. The molecule has 2 aliphatic heterocycles. The number of rotatable bonds is 0. The van der Waals surface area contributed by atoms with Gasteiger partial charge in [0.25, 0.3) is 0 Å². The molecule has 2 aromatic rings. The Morgan fingerprint density at radius 2 is 1.32 bits per heavy atom. The van der Waals surface area contributed by atoms with Crippen molar-refractivity contribution in [1.82, 2.24) is 39.6 Å². The Morgan fingerprint density at radius 3 is 1.63 bits per heavy atom. The van der Waals surface area contributed by atoms with Gasteiger partial charge in [0.2, 0.25) is 11.8 Å². The molecule has 4 heterocycles.